The molecule has 1 N–H and O–H groups in total. The van der Waals surface area contributed by atoms with Gasteiger partial charge in [0.2, 0.25) is 5.91 Å². The van der Waals surface area contributed by atoms with E-state index in [0.29, 0.717) is 35.8 Å². The van der Waals surface area contributed by atoms with E-state index in [0.717, 1.165) is 4.88 Å². The zero-order valence-corrected chi connectivity index (χ0v) is 17.2. The summed E-state index contributed by atoms with van der Waals surface area (Å²) in [7, 11) is 6.36. The number of methoxy groups -OCH3 is 3. The van der Waals surface area contributed by atoms with Gasteiger partial charge in [-0.3, -0.25) is 9.59 Å². The van der Waals surface area contributed by atoms with Gasteiger partial charge in [-0.15, -0.1) is 11.3 Å². The Morgan fingerprint density at radius 1 is 1.21 bits per heavy atom. The smallest absolute Gasteiger partial charge is 0.254 e. The van der Waals surface area contributed by atoms with Crippen LogP contribution in [0.3, 0.4) is 0 Å². The van der Waals surface area contributed by atoms with Crippen LogP contribution in [0.4, 0.5) is 0 Å². The predicted molar refractivity (Wildman–Crippen MR) is 106 cm³/mol. The molecule has 1 aromatic heterocycles. The SMILES string of the molecule is COCCNC(=O)[C@H]1c2cc(OC)c(OC)cc2C(=O)N(C)[C@H]1c1cccs1. The normalized spacial score (nSPS) is 18.6. The number of rotatable bonds is 7. The molecule has 0 radical (unpaired) electrons. The summed E-state index contributed by atoms with van der Waals surface area (Å²) >= 11 is 1.52. The molecule has 1 aliphatic heterocycles. The molecular weight excluding hydrogens is 380 g/mol. The number of carbonyl (C=O) groups excluding carboxylic acids is 2. The summed E-state index contributed by atoms with van der Waals surface area (Å²) in [6.07, 6.45) is 0. The number of ether oxygens (including phenoxy) is 3. The van der Waals surface area contributed by atoms with Crippen LogP contribution in [0.2, 0.25) is 0 Å². The van der Waals surface area contributed by atoms with Gasteiger partial charge in [0.05, 0.1) is 32.8 Å². The summed E-state index contributed by atoms with van der Waals surface area (Å²) in [5, 5.41) is 4.86. The topological polar surface area (TPSA) is 77.1 Å². The molecule has 150 valence electrons. The second kappa shape index (κ2) is 8.62. The van der Waals surface area contributed by atoms with E-state index < -0.39 is 12.0 Å². The van der Waals surface area contributed by atoms with Gasteiger partial charge in [0.25, 0.3) is 5.91 Å². The van der Waals surface area contributed by atoms with Gasteiger partial charge >= 0.3 is 0 Å². The zero-order chi connectivity index (χ0) is 20.3. The monoisotopic (exact) mass is 404 g/mol. The molecule has 2 amide bonds. The summed E-state index contributed by atoms with van der Waals surface area (Å²) < 4.78 is 15.8. The lowest BCUT2D eigenvalue weighted by Crippen LogP contribution is -2.45. The molecule has 0 unspecified atom stereocenters. The number of fused-ring (bicyclic) bond motifs is 1. The van der Waals surface area contributed by atoms with Gasteiger partial charge in [-0.25, -0.2) is 0 Å². The third kappa shape index (κ3) is 3.57. The largest absolute Gasteiger partial charge is 0.493 e. The third-order valence-electron chi connectivity index (χ3n) is 4.90. The molecule has 3 rings (SSSR count). The van der Waals surface area contributed by atoms with E-state index in [-0.39, 0.29) is 11.8 Å². The van der Waals surface area contributed by atoms with E-state index in [4.69, 9.17) is 14.2 Å². The Morgan fingerprint density at radius 3 is 2.54 bits per heavy atom. The molecule has 28 heavy (non-hydrogen) atoms. The van der Waals surface area contributed by atoms with Crippen molar-refractivity contribution in [2.75, 3.05) is 41.5 Å². The van der Waals surface area contributed by atoms with Crippen LogP contribution < -0.4 is 14.8 Å². The van der Waals surface area contributed by atoms with Crippen LogP contribution in [0.15, 0.2) is 29.6 Å². The fraction of sp³-hybridized carbons (Fsp3) is 0.400. The summed E-state index contributed by atoms with van der Waals surface area (Å²) in [5.74, 6) is 0.0425. The maximum absolute atomic E-state index is 13.2. The van der Waals surface area contributed by atoms with Crippen molar-refractivity contribution in [3.8, 4) is 11.5 Å². The Labute approximate surface area is 168 Å². The molecule has 1 aliphatic rings. The summed E-state index contributed by atoms with van der Waals surface area (Å²) in [6, 6.07) is 6.84. The van der Waals surface area contributed by atoms with Crippen LogP contribution >= 0.6 is 11.3 Å². The average molecular weight is 404 g/mol. The van der Waals surface area contributed by atoms with E-state index in [2.05, 4.69) is 5.32 Å². The highest BCUT2D eigenvalue weighted by Gasteiger charge is 2.43. The van der Waals surface area contributed by atoms with Gasteiger partial charge in [0.1, 0.15) is 0 Å². The molecule has 7 nitrogen and oxygen atoms in total. The molecule has 0 fully saturated rings. The summed E-state index contributed by atoms with van der Waals surface area (Å²) in [6.45, 7) is 0.805. The van der Waals surface area contributed by atoms with Crippen LogP contribution in [0.25, 0.3) is 0 Å². The van der Waals surface area contributed by atoms with Crippen molar-refractivity contribution in [2.24, 2.45) is 0 Å². The maximum Gasteiger partial charge on any atom is 0.254 e. The van der Waals surface area contributed by atoms with Crippen LogP contribution in [-0.4, -0.2) is 58.2 Å². The minimum Gasteiger partial charge on any atom is -0.493 e. The number of nitrogens with one attached hydrogen (secondary N) is 1. The van der Waals surface area contributed by atoms with E-state index >= 15 is 0 Å². The van der Waals surface area contributed by atoms with Crippen molar-refractivity contribution in [2.45, 2.75) is 12.0 Å². The molecule has 8 heteroatoms. The van der Waals surface area contributed by atoms with Gasteiger partial charge in [-0.2, -0.15) is 0 Å². The Bertz CT molecular complexity index is 853. The number of benzene rings is 1. The quantitative estimate of drug-likeness (QED) is 0.718. The van der Waals surface area contributed by atoms with Gasteiger partial charge < -0.3 is 24.4 Å². The molecule has 0 spiro atoms. The van der Waals surface area contributed by atoms with Crippen LogP contribution in [0.1, 0.15) is 32.8 Å². The standard InChI is InChI=1S/C20H24N2O5S/c1-22-18(16-6-5-9-28-16)17(19(23)21-7-8-25-2)12-10-14(26-3)15(27-4)11-13(12)20(22)24/h5-6,9-11,17-18H,7-8H2,1-4H3,(H,21,23)/t17-,18-/m0/s1. The molecular formula is C20H24N2O5S. The van der Waals surface area contributed by atoms with Crippen molar-refractivity contribution in [3.63, 3.8) is 0 Å². The highest BCUT2D eigenvalue weighted by atomic mass is 32.1. The van der Waals surface area contributed by atoms with Crippen molar-refractivity contribution < 1.29 is 23.8 Å². The predicted octanol–water partition coefficient (Wildman–Crippen LogP) is 2.44. The third-order valence-corrected chi connectivity index (χ3v) is 5.84. The molecule has 1 aromatic carbocycles. The number of hydrogen-bond acceptors (Lipinski definition) is 6. The Morgan fingerprint density at radius 2 is 1.93 bits per heavy atom. The number of amides is 2. The first kappa shape index (κ1) is 20.2. The Balaban J connectivity index is 2.13. The van der Waals surface area contributed by atoms with Crippen LogP contribution in [0, 0.1) is 0 Å². The summed E-state index contributed by atoms with van der Waals surface area (Å²) in [5.41, 5.74) is 1.08. The lowest BCUT2D eigenvalue weighted by atomic mass is 9.81. The molecule has 0 saturated carbocycles. The number of carbonyl (C=O) groups is 2. The average Bonchev–Trinajstić information content (AvgIpc) is 3.23. The molecule has 2 atom stereocenters. The molecule has 0 saturated heterocycles. The number of likely N-dealkylation sites (N-methyl/N-ethyl adjacent to an activating group) is 1. The van der Waals surface area contributed by atoms with Crippen LogP contribution in [0.5, 0.6) is 11.5 Å². The van der Waals surface area contributed by atoms with E-state index in [1.165, 1.54) is 25.6 Å². The van der Waals surface area contributed by atoms with E-state index in [9.17, 15) is 9.59 Å². The van der Waals surface area contributed by atoms with Crippen molar-refractivity contribution in [1.82, 2.24) is 10.2 Å². The van der Waals surface area contributed by atoms with Gasteiger partial charge in [-0.1, -0.05) is 6.07 Å². The Kier molecular flexibility index (Phi) is 6.21. The Hall–Kier alpha value is -2.58. The molecule has 0 aliphatic carbocycles. The first-order chi connectivity index (χ1) is 13.5. The lowest BCUT2D eigenvalue weighted by Gasteiger charge is -2.39. The second-order valence-electron chi connectivity index (χ2n) is 6.43. The number of nitrogens with zero attached hydrogens (tertiary/aromatic N) is 1. The lowest BCUT2D eigenvalue weighted by molar-refractivity contribution is -0.124. The second-order valence-corrected chi connectivity index (χ2v) is 7.41. The first-order valence-electron chi connectivity index (χ1n) is 8.86. The minimum atomic E-state index is -0.576. The van der Waals surface area contributed by atoms with E-state index in [1.54, 1.807) is 31.2 Å². The first-order valence-corrected chi connectivity index (χ1v) is 9.74. The zero-order valence-electron chi connectivity index (χ0n) is 16.4. The fourth-order valence-electron chi connectivity index (χ4n) is 3.53. The minimum absolute atomic E-state index is 0.157. The molecule has 2 heterocycles. The number of thiophene rings is 1. The van der Waals surface area contributed by atoms with Gasteiger partial charge in [0, 0.05) is 31.1 Å². The fourth-order valence-corrected chi connectivity index (χ4v) is 4.44. The van der Waals surface area contributed by atoms with Gasteiger partial charge in [-0.05, 0) is 29.1 Å². The molecule has 0 bridgehead atoms. The van der Waals surface area contributed by atoms with E-state index in [1.807, 2.05) is 17.5 Å². The highest BCUT2D eigenvalue weighted by Crippen LogP contribution is 2.46. The van der Waals surface area contributed by atoms with Crippen molar-refractivity contribution in [1.29, 1.82) is 0 Å². The van der Waals surface area contributed by atoms with Crippen LogP contribution in [-0.2, 0) is 9.53 Å². The van der Waals surface area contributed by atoms with Crippen molar-refractivity contribution in [3.05, 3.63) is 45.6 Å². The number of hydrogen-bond donors (Lipinski definition) is 1. The van der Waals surface area contributed by atoms with Crippen molar-refractivity contribution >= 4 is 23.2 Å². The maximum atomic E-state index is 13.2. The molecule has 2 aromatic rings. The summed E-state index contributed by atoms with van der Waals surface area (Å²) in [4.78, 5) is 28.8. The van der Waals surface area contributed by atoms with Gasteiger partial charge in [0.15, 0.2) is 11.5 Å². The highest BCUT2D eigenvalue weighted by molar-refractivity contribution is 7.10.